The average molecular weight is 306 g/mol. The van der Waals surface area contributed by atoms with E-state index in [0.29, 0.717) is 0 Å². The van der Waals surface area contributed by atoms with Crippen molar-refractivity contribution in [2.24, 2.45) is 0 Å². The van der Waals surface area contributed by atoms with Gasteiger partial charge in [0.1, 0.15) is 11.6 Å². The molecule has 0 aliphatic heterocycles. The molecule has 3 heteroatoms. The van der Waals surface area contributed by atoms with Gasteiger partial charge in [0.25, 0.3) is 0 Å². The molecule has 118 valence electrons. The number of hydrogen-bond donors (Lipinski definition) is 0. The molecule has 3 aromatic rings. The van der Waals surface area contributed by atoms with Crippen LogP contribution in [0.5, 0.6) is 5.75 Å². The molecule has 3 rings (SSSR count). The van der Waals surface area contributed by atoms with Gasteiger partial charge in [-0.25, -0.2) is 4.98 Å². The number of rotatable bonds is 6. The third-order valence-electron chi connectivity index (χ3n) is 3.97. The van der Waals surface area contributed by atoms with E-state index in [4.69, 9.17) is 9.72 Å². The van der Waals surface area contributed by atoms with Crippen LogP contribution in [0, 0.1) is 0 Å². The summed E-state index contributed by atoms with van der Waals surface area (Å²) in [5.74, 6) is 1.87. The van der Waals surface area contributed by atoms with Crippen LogP contribution in [-0.2, 0) is 6.54 Å². The molecular weight excluding hydrogens is 284 g/mol. The Labute approximate surface area is 137 Å². The van der Waals surface area contributed by atoms with Crippen molar-refractivity contribution < 1.29 is 4.74 Å². The molecule has 0 spiro atoms. The summed E-state index contributed by atoms with van der Waals surface area (Å²) in [4.78, 5) is 4.77. The maximum absolute atomic E-state index is 5.41. The molecule has 0 aliphatic carbocycles. The fourth-order valence-corrected chi connectivity index (χ4v) is 2.74. The molecule has 0 saturated heterocycles. The van der Waals surface area contributed by atoms with E-state index in [0.717, 1.165) is 35.6 Å². The molecular formula is C20H22N2O. The fraction of sp³-hybridized carbons (Fsp3) is 0.250. The fourth-order valence-electron chi connectivity index (χ4n) is 2.74. The zero-order valence-corrected chi connectivity index (χ0v) is 13.7. The SMILES string of the molecule is CCCCn1c(/C=C/c2ccccc2OC)nc2ccccc21. The topological polar surface area (TPSA) is 27.1 Å². The van der Waals surface area contributed by atoms with E-state index in [1.807, 2.05) is 30.3 Å². The lowest BCUT2D eigenvalue weighted by Crippen LogP contribution is -2.00. The van der Waals surface area contributed by atoms with Gasteiger partial charge in [-0.15, -0.1) is 0 Å². The van der Waals surface area contributed by atoms with Gasteiger partial charge in [-0.05, 0) is 36.8 Å². The third kappa shape index (κ3) is 3.29. The van der Waals surface area contributed by atoms with Gasteiger partial charge in [0.15, 0.2) is 0 Å². The highest BCUT2D eigenvalue weighted by atomic mass is 16.5. The van der Waals surface area contributed by atoms with E-state index in [1.54, 1.807) is 7.11 Å². The zero-order chi connectivity index (χ0) is 16.1. The van der Waals surface area contributed by atoms with Crippen LogP contribution in [0.2, 0.25) is 0 Å². The quantitative estimate of drug-likeness (QED) is 0.639. The van der Waals surface area contributed by atoms with E-state index < -0.39 is 0 Å². The van der Waals surface area contributed by atoms with Crippen LogP contribution >= 0.6 is 0 Å². The lowest BCUT2D eigenvalue weighted by molar-refractivity contribution is 0.414. The van der Waals surface area contributed by atoms with Crippen molar-refractivity contribution in [1.29, 1.82) is 0 Å². The number of aromatic nitrogens is 2. The standard InChI is InChI=1S/C20H22N2O/c1-3-4-15-22-18-11-7-6-10-17(18)21-20(22)14-13-16-9-5-8-12-19(16)23-2/h5-14H,3-4,15H2,1-2H3/b14-13+. The Hall–Kier alpha value is -2.55. The van der Waals surface area contributed by atoms with Crippen LogP contribution in [-0.4, -0.2) is 16.7 Å². The van der Waals surface area contributed by atoms with Gasteiger partial charge in [-0.1, -0.05) is 43.7 Å². The molecule has 0 radical (unpaired) electrons. The van der Waals surface area contributed by atoms with Crippen molar-refractivity contribution in [2.75, 3.05) is 7.11 Å². The van der Waals surface area contributed by atoms with Crippen molar-refractivity contribution in [3.63, 3.8) is 0 Å². The van der Waals surface area contributed by atoms with Gasteiger partial charge in [0.05, 0.1) is 18.1 Å². The van der Waals surface area contributed by atoms with Gasteiger partial charge in [0, 0.05) is 12.1 Å². The van der Waals surface area contributed by atoms with E-state index >= 15 is 0 Å². The Bertz CT molecular complexity index is 817. The molecule has 2 aromatic carbocycles. The summed E-state index contributed by atoms with van der Waals surface area (Å²) in [6.45, 7) is 3.20. The lowest BCUT2D eigenvalue weighted by Gasteiger charge is -2.06. The van der Waals surface area contributed by atoms with E-state index in [-0.39, 0.29) is 0 Å². The summed E-state index contributed by atoms with van der Waals surface area (Å²) in [5, 5.41) is 0. The Morgan fingerprint density at radius 2 is 1.83 bits per heavy atom. The number of para-hydroxylation sites is 3. The number of aryl methyl sites for hydroxylation is 1. The highest BCUT2D eigenvalue weighted by Gasteiger charge is 2.07. The number of benzene rings is 2. The molecule has 0 aliphatic rings. The number of imidazole rings is 1. The summed E-state index contributed by atoms with van der Waals surface area (Å²) in [6.07, 6.45) is 6.47. The number of ether oxygens (including phenoxy) is 1. The van der Waals surface area contributed by atoms with Crippen LogP contribution in [0.25, 0.3) is 23.2 Å². The molecule has 0 bridgehead atoms. The first-order valence-corrected chi connectivity index (χ1v) is 8.10. The van der Waals surface area contributed by atoms with Crippen molar-refractivity contribution >= 4 is 23.2 Å². The minimum absolute atomic E-state index is 0.875. The molecule has 0 saturated carbocycles. The van der Waals surface area contributed by atoms with Gasteiger partial charge in [-0.3, -0.25) is 0 Å². The second-order valence-corrected chi connectivity index (χ2v) is 5.54. The predicted octanol–water partition coefficient (Wildman–Crippen LogP) is 5.02. The van der Waals surface area contributed by atoms with Crippen molar-refractivity contribution in [1.82, 2.24) is 9.55 Å². The molecule has 1 aromatic heterocycles. The first-order valence-electron chi connectivity index (χ1n) is 8.10. The maximum Gasteiger partial charge on any atom is 0.133 e. The van der Waals surface area contributed by atoms with Crippen molar-refractivity contribution in [3.05, 3.63) is 59.9 Å². The van der Waals surface area contributed by atoms with E-state index in [2.05, 4.69) is 41.8 Å². The number of hydrogen-bond acceptors (Lipinski definition) is 2. The Kier molecular flexibility index (Phi) is 4.77. The van der Waals surface area contributed by atoms with Crippen LogP contribution in [0.1, 0.15) is 31.2 Å². The van der Waals surface area contributed by atoms with Crippen LogP contribution < -0.4 is 4.74 Å². The van der Waals surface area contributed by atoms with Gasteiger partial charge in [0.2, 0.25) is 0 Å². The molecule has 0 atom stereocenters. The Morgan fingerprint density at radius 1 is 1.04 bits per heavy atom. The van der Waals surface area contributed by atoms with Crippen molar-refractivity contribution in [2.45, 2.75) is 26.3 Å². The van der Waals surface area contributed by atoms with Crippen molar-refractivity contribution in [3.8, 4) is 5.75 Å². The monoisotopic (exact) mass is 306 g/mol. The third-order valence-corrected chi connectivity index (χ3v) is 3.97. The normalized spacial score (nSPS) is 11.4. The second-order valence-electron chi connectivity index (χ2n) is 5.54. The van der Waals surface area contributed by atoms with Crippen LogP contribution in [0.15, 0.2) is 48.5 Å². The highest BCUT2D eigenvalue weighted by molar-refractivity contribution is 5.80. The highest BCUT2D eigenvalue weighted by Crippen LogP contribution is 2.22. The molecule has 0 N–H and O–H groups in total. The molecule has 0 unspecified atom stereocenters. The average Bonchev–Trinajstić information content (AvgIpc) is 2.96. The molecule has 3 nitrogen and oxygen atoms in total. The first-order chi connectivity index (χ1) is 11.3. The lowest BCUT2D eigenvalue weighted by atomic mass is 10.2. The van der Waals surface area contributed by atoms with Crippen LogP contribution in [0.3, 0.4) is 0 Å². The predicted molar refractivity (Wildman–Crippen MR) is 96.6 cm³/mol. The van der Waals surface area contributed by atoms with E-state index in [9.17, 15) is 0 Å². The zero-order valence-electron chi connectivity index (χ0n) is 13.7. The Morgan fingerprint density at radius 3 is 2.65 bits per heavy atom. The number of fused-ring (bicyclic) bond motifs is 1. The first kappa shape index (κ1) is 15.3. The van der Waals surface area contributed by atoms with Crippen LogP contribution in [0.4, 0.5) is 0 Å². The second kappa shape index (κ2) is 7.14. The summed E-state index contributed by atoms with van der Waals surface area (Å²) < 4.78 is 7.71. The Balaban J connectivity index is 2.00. The summed E-state index contributed by atoms with van der Waals surface area (Å²) in [5.41, 5.74) is 3.30. The minimum Gasteiger partial charge on any atom is -0.496 e. The molecule has 1 heterocycles. The summed E-state index contributed by atoms with van der Waals surface area (Å²) in [6, 6.07) is 16.3. The minimum atomic E-state index is 0.875. The van der Waals surface area contributed by atoms with Gasteiger partial charge >= 0.3 is 0 Å². The number of unbranched alkanes of at least 4 members (excludes halogenated alkanes) is 1. The summed E-state index contributed by atoms with van der Waals surface area (Å²) in [7, 11) is 1.70. The number of nitrogens with zero attached hydrogens (tertiary/aromatic N) is 2. The van der Waals surface area contributed by atoms with Gasteiger partial charge < -0.3 is 9.30 Å². The smallest absolute Gasteiger partial charge is 0.133 e. The molecule has 0 amide bonds. The summed E-state index contributed by atoms with van der Waals surface area (Å²) >= 11 is 0. The number of methoxy groups -OCH3 is 1. The maximum atomic E-state index is 5.41. The molecule has 0 fully saturated rings. The largest absolute Gasteiger partial charge is 0.496 e. The van der Waals surface area contributed by atoms with E-state index in [1.165, 1.54) is 11.9 Å². The molecule has 23 heavy (non-hydrogen) atoms. The van der Waals surface area contributed by atoms with Gasteiger partial charge in [-0.2, -0.15) is 0 Å².